The maximum atomic E-state index is 9.08. The van der Waals surface area contributed by atoms with E-state index in [1.807, 2.05) is 28.8 Å². The smallest absolute Gasteiger partial charge is 0.234 e. The first-order chi connectivity index (χ1) is 23.1. The molecule has 13 heteroatoms. The number of benzene rings is 1. The number of nitrogens with zero attached hydrogens (tertiary/aromatic N) is 10. The molecule has 1 aliphatic heterocycles. The topological polar surface area (TPSA) is 169 Å². The summed E-state index contributed by atoms with van der Waals surface area (Å²) in [6, 6.07) is 19.8. The third kappa shape index (κ3) is 5.89. The molecule has 5 aromatic heterocycles. The van der Waals surface area contributed by atoms with E-state index in [9.17, 15) is 0 Å². The number of hydrogen-bond acceptors (Lipinski definition) is 12. The van der Waals surface area contributed by atoms with Gasteiger partial charge in [-0.3, -0.25) is 9.47 Å². The second-order valence-corrected chi connectivity index (χ2v) is 10.9. The molecular formula is C33H30N12O. The van der Waals surface area contributed by atoms with Crippen LogP contribution in [0.5, 0.6) is 5.88 Å². The highest BCUT2D eigenvalue weighted by molar-refractivity contribution is 5.83. The Morgan fingerprint density at radius 1 is 0.957 bits per heavy atom. The maximum Gasteiger partial charge on any atom is 0.234 e. The minimum absolute atomic E-state index is 0.169. The van der Waals surface area contributed by atoms with Crippen LogP contribution in [-0.4, -0.2) is 70.6 Å². The number of imidazole rings is 1. The third-order valence-electron chi connectivity index (χ3n) is 7.92. The second kappa shape index (κ2) is 12.5. The molecule has 13 nitrogen and oxygen atoms in total. The number of likely N-dealkylation sites (tertiary alicyclic amines) is 1. The Morgan fingerprint density at radius 3 is 2.57 bits per heavy atom. The number of nitrogens with two attached hydrogens (primary N) is 1. The van der Waals surface area contributed by atoms with Crippen LogP contribution in [0.1, 0.15) is 25.6 Å². The van der Waals surface area contributed by atoms with Crippen LogP contribution in [0.3, 0.4) is 0 Å². The van der Waals surface area contributed by atoms with Crippen molar-refractivity contribution in [3.63, 3.8) is 0 Å². The second-order valence-electron chi connectivity index (χ2n) is 10.9. The van der Waals surface area contributed by atoms with Gasteiger partial charge in [0, 0.05) is 67.8 Å². The number of pyridine rings is 2. The van der Waals surface area contributed by atoms with Gasteiger partial charge in [-0.2, -0.15) is 5.26 Å². The molecule has 0 saturated carbocycles. The average Bonchev–Trinajstić information content (AvgIpc) is 3.49. The number of fused-ring (bicyclic) bond motifs is 1. The summed E-state index contributed by atoms with van der Waals surface area (Å²) in [5, 5.41) is 12.5. The number of aromatic nitrogens is 8. The Morgan fingerprint density at radius 2 is 1.80 bits per heavy atom. The van der Waals surface area contributed by atoms with Gasteiger partial charge in [0.2, 0.25) is 11.7 Å². The summed E-state index contributed by atoms with van der Waals surface area (Å²) < 4.78 is 14.4. The van der Waals surface area contributed by atoms with Crippen molar-refractivity contribution in [2.45, 2.75) is 25.4 Å². The van der Waals surface area contributed by atoms with Crippen LogP contribution in [0.2, 0.25) is 0 Å². The molecule has 1 saturated heterocycles. The normalized spacial score (nSPS) is 14.1. The molecule has 7 rings (SSSR count). The Hall–Kier alpha value is -6.00. The average molecular weight is 612 g/mol. The lowest BCUT2D eigenvalue weighted by molar-refractivity contribution is 0.211. The quantitative estimate of drug-likeness (QED) is 0.251. The number of anilines is 2. The Balaban J connectivity index is 1.13. The van der Waals surface area contributed by atoms with E-state index in [4.69, 9.17) is 27.1 Å². The van der Waals surface area contributed by atoms with Crippen LogP contribution >= 0.6 is 0 Å². The van der Waals surface area contributed by atoms with E-state index in [1.165, 1.54) is 5.56 Å². The van der Waals surface area contributed by atoms with Crippen LogP contribution in [0.25, 0.3) is 39.6 Å². The van der Waals surface area contributed by atoms with Crippen molar-refractivity contribution in [2.24, 2.45) is 0 Å². The predicted molar refractivity (Wildman–Crippen MR) is 173 cm³/mol. The van der Waals surface area contributed by atoms with Crippen LogP contribution < -0.4 is 15.8 Å². The van der Waals surface area contributed by atoms with Gasteiger partial charge in [-0.25, -0.2) is 34.9 Å². The molecule has 0 radical (unpaired) electrons. The maximum absolute atomic E-state index is 9.08. The summed E-state index contributed by atoms with van der Waals surface area (Å²) in [6.07, 6.45) is 8.37. The minimum Gasteiger partial charge on any atom is -0.481 e. The largest absolute Gasteiger partial charge is 0.481 e. The van der Waals surface area contributed by atoms with Crippen molar-refractivity contribution in [2.75, 3.05) is 31.2 Å². The van der Waals surface area contributed by atoms with Crippen molar-refractivity contribution in [3.05, 3.63) is 90.8 Å². The number of ether oxygens (including phenoxy) is 1. The summed E-state index contributed by atoms with van der Waals surface area (Å²) in [4.78, 5) is 33.5. The lowest BCUT2D eigenvalue weighted by Gasteiger charge is -2.32. The molecular weight excluding hydrogens is 580 g/mol. The van der Waals surface area contributed by atoms with Crippen LogP contribution in [0, 0.1) is 11.3 Å². The molecule has 6 aromatic rings. The van der Waals surface area contributed by atoms with E-state index >= 15 is 0 Å². The first kappa shape index (κ1) is 27.5. The molecule has 0 amide bonds. The molecule has 1 aromatic carbocycles. The van der Waals surface area contributed by atoms with E-state index in [-0.39, 0.29) is 18.7 Å². The van der Waals surface area contributed by atoms with E-state index in [2.05, 4.69) is 59.4 Å². The number of hydrogen-bond donors (Lipinski definition) is 2. The highest BCUT2D eigenvalue weighted by Gasteiger charge is 2.22. The molecule has 228 valence electrons. The first-order valence-electron chi connectivity index (χ1n) is 15.4. The monoisotopic (exact) mass is 611 g/mol. The van der Waals surface area contributed by atoms with Gasteiger partial charge < -0.3 is 15.8 Å². The lowest BCUT2D eigenvalue weighted by atomic mass is 10.0. The van der Waals surface area contributed by atoms with Crippen LogP contribution in [0.15, 0.2) is 79.4 Å². The zero-order valence-corrected chi connectivity index (χ0v) is 24.8. The molecule has 0 unspecified atom stereocenters. The van der Waals surface area contributed by atoms with E-state index in [0.717, 1.165) is 43.7 Å². The number of piperidine rings is 1. The number of nitrogen functional groups attached to an aromatic ring is 1. The fraction of sp³-hybridized carbons (Fsp3) is 0.212. The highest BCUT2D eigenvalue weighted by Crippen LogP contribution is 2.31. The Labute approximate surface area is 266 Å². The fourth-order valence-corrected chi connectivity index (χ4v) is 5.61. The molecule has 3 N–H and O–H groups in total. The number of rotatable bonds is 8. The summed E-state index contributed by atoms with van der Waals surface area (Å²) in [7, 11) is -0.199. The van der Waals surface area contributed by atoms with Gasteiger partial charge in [-0.15, -0.1) is 0 Å². The minimum atomic E-state index is -0.199. The zero-order valence-electron chi connectivity index (χ0n) is 25.8. The number of methoxy groups -OCH3 is 1. The van der Waals surface area contributed by atoms with Gasteiger partial charge >= 0.3 is 0 Å². The van der Waals surface area contributed by atoms with Crippen molar-refractivity contribution >= 4 is 22.8 Å². The van der Waals surface area contributed by atoms with E-state index in [0.29, 0.717) is 46.1 Å². The van der Waals surface area contributed by atoms with Gasteiger partial charge in [0.05, 0.1) is 14.2 Å². The molecule has 1 fully saturated rings. The SMILES string of the molecule is [2H]COc1ccc(-c2ccc3nc(-c4nccnc4N)n(-c4ccc(CN5CCC(Nc6ccnc(C#N)n6)CC5)cc4)c3n2)cn1. The molecule has 0 aliphatic carbocycles. The molecule has 1 aliphatic rings. The molecule has 0 spiro atoms. The Bertz CT molecular complexity index is 2050. The van der Waals surface area contributed by atoms with Crippen molar-refractivity contribution < 1.29 is 6.11 Å². The summed E-state index contributed by atoms with van der Waals surface area (Å²) >= 11 is 0. The lowest BCUT2D eigenvalue weighted by Crippen LogP contribution is -2.38. The van der Waals surface area contributed by atoms with Gasteiger partial charge in [0.1, 0.15) is 23.1 Å². The number of nitrogens with one attached hydrogen (secondary N) is 1. The first-order valence-corrected chi connectivity index (χ1v) is 14.7. The van der Waals surface area contributed by atoms with E-state index < -0.39 is 0 Å². The Kier molecular flexibility index (Phi) is 7.51. The molecule has 0 bridgehead atoms. The zero-order chi connectivity index (χ0) is 32.2. The molecule has 46 heavy (non-hydrogen) atoms. The van der Waals surface area contributed by atoms with Gasteiger partial charge in [0.25, 0.3) is 0 Å². The van der Waals surface area contributed by atoms with Gasteiger partial charge in [0.15, 0.2) is 17.3 Å². The standard InChI is InChI=1S/C33H30N12O/c1-46-29-9-4-22(19-39-29)25-7-8-26-32(41-25)45(33(42-26)30-31(35)38-15-14-37-30)24-5-2-21(3-6-24)20-44-16-11-23(12-17-44)40-27-10-13-36-28(18-34)43-27/h2-10,13-15,19,23H,11-12,16-17,20H2,1H3,(H2,35,38)(H,36,40,43)/i1D. The summed E-state index contributed by atoms with van der Waals surface area (Å²) in [6.45, 7) is 2.70. The molecule has 0 atom stereocenters. The van der Waals surface area contributed by atoms with Gasteiger partial charge in [-0.1, -0.05) is 12.1 Å². The van der Waals surface area contributed by atoms with E-state index in [1.54, 1.807) is 36.9 Å². The summed E-state index contributed by atoms with van der Waals surface area (Å²) in [5.74, 6) is 2.06. The van der Waals surface area contributed by atoms with Crippen LogP contribution in [0.4, 0.5) is 11.6 Å². The van der Waals surface area contributed by atoms with Crippen LogP contribution in [-0.2, 0) is 6.54 Å². The van der Waals surface area contributed by atoms with Gasteiger partial charge in [-0.05, 0) is 54.8 Å². The van der Waals surface area contributed by atoms with Crippen molar-refractivity contribution in [3.8, 4) is 40.4 Å². The predicted octanol–water partition coefficient (Wildman–Crippen LogP) is 4.27. The highest BCUT2D eigenvalue weighted by atomic mass is 16.5. The summed E-state index contributed by atoms with van der Waals surface area (Å²) in [5.41, 5.74) is 11.6. The number of nitriles is 1. The van der Waals surface area contributed by atoms with Crippen molar-refractivity contribution in [1.29, 1.82) is 5.26 Å². The fourth-order valence-electron chi connectivity index (χ4n) is 5.61. The van der Waals surface area contributed by atoms with Crippen molar-refractivity contribution in [1.82, 2.24) is 44.4 Å². The molecule has 6 heterocycles. The third-order valence-corrected chi connectivity index (χ3v) is 7.92.